The van der Waals surface area contributed by atoms with E-state index in [2.05, 4.69) is 15.4 Å². The molecule has 0 radical (unpaired) electrons. The van der Waals surface area contributed by atoms with Crippen molar-refractivity contribution in [2.45, 2.75) is 38.3 Å². The Morgan fingerprint density at radius 2 is 2.15 bits per heavy atom. The molecule has 0 aliphatic heterocycles. The molecule has 2 bridgehead atoms. The van der Waals surface area contributed by atoms with Crippen LogP contribution in [0, 0.1) is 17.8 Å². The van der Waals surface area contributed by atoms with Crippen molar-refractivity contribution in [1.29, 1.82) is 0 Å². The zero-order chi connectivity index (χ0) is 14.1. The van der Waals surface area contributed by atoms with Crippen molar-refractivity contribution in [1.82, 2.24) is 20.1 Å². The number of aromatic nitrogens is 3. The van der Waals surface area contributed by atoms with E-state index in [9.17, 15) is 14.7 Å². The highest BCUT2D eigenvalue weighted by molar-refractivity contribution is 5.78. The lowest BCUT2D eigenvalue weighted by molar-refractivity contribution is -0.144. The van der Waals surface area contributed by atoms with Crippen molar-refractivity contribution in [3.63, 3.8) is 0 Å². The number of nitrogens with zero attached hydrogens (tertiary/aromatic N) is 3. The zero-order valence-corrected chi connectivity index (χ0v) is 11.1. The van der Waals surface area contributed by atoms with Gasteiger partial charge in [0.05, 0.1) is 12.5 Å². The second kappa shape index (κ2) is 5.22. The predicted octanol–water partition coefficient (Wildman–Crippen LogP) is 0.284. The van der Waals surface area contributed by atoms with Crippen LogP contribution in [0.2, 0.25) is 0 Å². The molecular formula is C13H18N4O3. The van der Waals surface area contributed by atoms with Gasteiger partial charge in [0.25, 0.3) is 0 Å². The van der Waals surface area contributed by atoms with Gasteiger partial charge >= 0.3 is 5.97 Å². The topological polar surface area (TPSA) is 97.1 Å². The molecule has 4 unspecified atom stereocenters. The Morgan fingerprint density at radius 3 is 2.85 bits per heavy atom. The van der Waals surface area contributed by atoms with Gasteiger partial charge in [-0.15, -0.1) is 0 Å². The van der Waals surface area contributed by atoms with E-state index < -0.39 is 11.9 Å². The van der Waals surface area contributed by atoms with Crippen LogP contribution < -0.4 is 5.32 Å². The molecule has 1 heterocycles. The average molecular weight is 278 g/mol. The minimum absolute atomic E-state index is 0.107. The van der Waals surface area contributed by atoms with Crippen LogP contribution in [0.5, 0.6) is 0 Å². The summed E-state index contributed by atoms with van der Waals surface area (Å²) < 4.78 is 1.59. The molecule has 2 fully saturated rings. The van der Waals surface area contributed by atoms with E-state index in [1.54, 1.807) is 11.0 Å². The average Bonchev–Trinajstić information content (AvgIpc) is 3.12. The molecule has 1 aromatic heterocycles. The maximum Gasteiger partial charge on any atom is 0.308 e. The highest BCUT2D eigenvalue weighted by Crippen LogP contribution is 2.48. The third-order valence-electron chi connectivity index (χ3n) is 4.56. The number of aryl methyl sites for hydroxylation is 1. The molecule has 7 heteroatoms. The fourth-order valence-electron chi connectivity index (χ4n) is 3.68. The monoisotopic (exact) mass is 278 g/mol. The molecule has 7 nitrogen and oxygen atoms in total. The Hall–Kier alpha value is -1.92. The van der Waals surface area contributed by atoms with E-state index in [1.165, 1.54) is 6.33 Å². The van der Waals surface area contributed by atoms with E-state index in [-0.39, 0.29) is 17.9 Å². The predicted molar refractivity (Wildman–Crippen MR) is 68.5 cm³/mol. The first-order chi connectivity index (χ1) is 9.65. The lowest BCUT2D eigenvalue weighted by Gasteiger charge is -2.28. The van der Waals surface area contributed by atoms with Crippen LogP contribution in [0.4, 0.5) is 0 Å². The van der Waals surface area contributed by atoms with Crippen LogP contribution in [0.3, 0.4) is 0 Å². The summed E-state index contributed by atoms with van der Waals surface area (Å²) in [5.41, 5.74) is 0. The largest absolute Gasteiger partial charge is 0.481 e. The third-order valence-corrected chi connectivity index (χ3v) is 4.56. The van der Waals surface area contributed by atoms with Gasteiger partial charge in [-0.25, -0.2) is 4.98 Å². The summed E-state index contributed by atoms with van der Waals surface area (Å²) in [4.78, 5) is 27.1. The number of aliphatic carboxylic acids is 1. The molecule has 3 rings (SSSR count). The smallest absolute Gasteiger partial charge is 0.308 e. The molecule has 0 saturated heterocycles. The standard InChI is InChI=1S/C13H18N4O3/c18-10(3-4-17-7-14-6-15-17)16-12-9-2-1-8(5-9)11(12)13(19)20/h6-9,11-12H,1-5H2,(H,16,18)(H,19,20). The summed E-state index contributed by atoms with van der Waals surface area (Å²) in [5.74, 6) is -0.735. The van der Waals surface area contributed by atoms with E-state index in [0.29, 0.717) is 18.9 Å². The van der Waals surface area contributed by atoms with Crippen molar-refractivity contribution in [2.24, 2.45) is 17.8 Å². The number of amides is 1. The molecule has 0 aromatic carbocycles. The van der Waals surface area contributed by atoms with Gasteiger partial charge in [0.1, 0.15) is 12.7 Å². The first kappa shape index (κ1) is 13.1. The second-order valence-electron chi connectivity index (χ2n) is 5.70. The normalized spacial score (nSPS) is 31.4. The van der Waals surface area contributed by atoms with Gasteiger partial charge in [-0.2, -0.15) is 5.10 Å². The Balaban J connectivity index is 1.56. The maximum absolute atomic E-state index is 12.0. The van der Waals surface area contributed by atoms with Gasteiger partial charge in [0, 0.05) is 12.5 Å². The minimum atomic E-state index is -0.779. The SMILES string of the molecule is O=C(CCn1cncn1)NC1C2CCC(C2)C1C(=O)O. The Morgan fingerprint density at radius 1 is 1.35 bits per heavy atom. The number of carboxylic acids is 1. The molecular weight excluding hydrogens is 260 g/mol. The number of hydrogen-bond donors (Lipinski definition) is 2. The number of carbonyl (C=O) groups is 2. The van der Waals surface area contributed by atoms with Crippen molar-refractivity contribution in [2.75, 3.05) is 0 Å². The Labute approximate surface area is 116 Å². The lowest BCUT2D eigenvalue weighted by atomic mass is 9.84. The number of fused-ring (bicyclic) bond motifs is 2. The van der Waals surface area contributed by atoms with Crippen LogP contribution >= 0.6 is 0 Å². The zero-order valence-electron chi connectivity index (χ0n) is 11.1. The molecule has 1 aromatic rings. The number of rotatable bonds is 5. The third kappa shape index (κ3) is 2.39. The first-order valence-electron chi connectivity index (χ1n) is 6.99. The first-order valence-corrected chi connectivity index (χ1v) is 6.99. The van der Waals surface area contributed by atoms with Crippen molar-refractivity contribution in [3.8, 4) is 0 Å². The van der Waals surface area contributed by atoms with Crippen molar-refractivity contribution in [3.05, 3.63) is 12.7 Å². The quantitative estimate of drug-likeness (QED) is 0.806. The van der Waals surface area contributed by atoms with Gasteiger partial charge in [-0.05, 0) is 31.1 Å². The summed E-state index contributed by atoms with van der Waals surface area (Å²) in [6, 6.07) is -0.200. The summed E-state index contributed by atoms with van der Waals surface area (Å²) in [6.45, 7) is 0.463. The fraction of sp³-hybridized carbons (Fsp3) is 0.692. The van der Waals surface area contributed by atoms with E-state index >= 15 is 0 Å². The van der Waals surface area contributed by atoms with Crippen molar-refractivity contribution < 1.29 is 14.7 Å². The van der Waals surface area contributed by atoms with Gasteiger partial charge < -0.3 is 10.4 Å². The molecule has 0 spiro atoms. The second-order valence-corrected chi connectivity index (χ2v) is 5.70. The van der Waals surface area contributed by atoms with Crippen LogP contribution in [-0.4, -0.2) is 37.8 Å². The molecule has 4 atom stereocenters. The lowest BCUT2D eigenvalue weighted by Crippen LogP contribution is -2.47. The highest BCUT2D eigenvalue weighted by Gasteiger charge is 2.51. The maximum atomic E-state index is 12.0. The molecule has 2 aliphatic rings. The van der Waals surface area contributed by atoms with Gasteiger partial charge in [0.2, 0.25) is 5.91 Å². The summed E-state index contributed by atoms with van der Waals surface area (Å²) in [5, 5.41) is 16.2. The molecule has 2 N–H and O–H groups in total. The van der Waals surface area contributed by atoms with E-state index in [4.69, 9.17) is 0 Å². The fourth-order valence-corrected chi connectivity index (χ4v) is 3.68. The molecule has 20 heavy (non-hydrogen) atoms. The number of nitrogens with one attached hydrogen (secondary N) is 1. The minimum Gasteiger partial charge on any atom is -0.481 e. The number of hydrogen-bond acceptors (Lipinski definition) is 4. The van der Waals surface area contributed by atoms with Gasteiger partial charge in [0.15, 0.2) is 0 Å². The van der Waals surface area contributed by atoms with Crippen LogP contribution in [-0.2, 0) is 16.1 Å². The van der Waals surface area contributed by atoms with Gasteiger partial charge in [-0.1, -0.05) is 0 Å². The van der Waals surface area contributed by atoms with Gasteiger partial charge in [-0.3, -0.25) is 14.3 Å². The molecule has 1 amide bonds. The molecule has 2 aliphatic carbocycles. The Bertz CT molecular complexity index is 502. The summed E-state index contributed by atoms with van der Waals surface area (Å²) >= 11 is 0. The summed E-state index contributed by atoms with van der Waals surface area (Å²) in [7, 11) is 0. The number of carbonyl (C=O) groups excluding carboxylic acids is 1. The molecule has 108 valence electrons. The number of carboxylic acid groups (broad SMARTS) is 1. The van der Waals surface area contributed by atoms with Crippen molar-refractivity contribution >= 4 is 11.9 Å². The highest BCUT2D eigenvalue weighted by atomic mass is 16.4. The van der Waals surface area contributed by atoms with Crippen LogP contribution in [0.1, 0.15) is 25.7 Å². The van der Waals surface area contributed by atoms with Crippen LogP contribution in [0.25, 0.3) is 0 Å². The van der Waals surface area contributed by atoms with E-state index in [1.807, 2.05) is 0 Å². The van der Waals surface area contributed by atoms with E-state index in [0.717, 1.165) is 19.3 Å². The molecule has 2 saturated carbocycles. The Kier molecular flexibility index (Phi) is 3.42. The summed E-state index contributed by atoms with van der Waals surface area (Å²) in [6.07, 6.45) is 6.23. The van der Waals surface area contributed by atoms with Crippen LogP contribution in [0.15, 0.2) is 12.7 Å².